The molecule has 2 aliphatic heterocycles. The summed E-state index contributed by atoms with van der Waals surface area (Å²) < 4.78 is 11.1. The Balaban J connectivity index is 1.44. The van der Waals surface area contributed by atoms with E-state index >= 15 is 0 Å². The van der Waals surface area contributed by atoms with Crippen LogP contribution in [-0.2, 0) is 4.79 Å². The molecule has 8 heteroatoms. The van der Waals surface area contributed by atoms with Crippen LogP contribution in [0, 0.1) is 5.41 Å². The molecule has 2 aromatic carbocycles. The van der Waals surface area contributed by atoms with Gasteiger partial charge < -0.3 is 24.6 Å². The SMILES string of the molecule is COc1ccc(C(=O)N2CCC3(CCCCNC(=O)c4ccccc4OCCN(C)C3=O)CC2)cc1. The molecule has 2 heterocycles. The van der Waals surface area contributed by atoms with Crippen LogP contribution in [0.15, 0.2) is 48.5 Å². The highest BCUT2D eigenvalue weighted by molar-refractivity contribution is 5.97. The maximum absolute atomic E-state index is 13.7. The summed E-state index contributed by atoms with van der Waals surface area (Å²) >= 11 is 0. The molecule has 0 atom stereocenters. The second-order valence-corrected chi connectivity index (χ2v) is 9.59. The average Bonchev–Trinajstić information content (AvgIpc) is 2.92. The van der Waals surface area contributed by atoms with E-state index < -0.39 is 5.41 Å². The summed E-state index contributed by atoms with van der Waals surface area (Å²) in [7, 11) is 3.41. The highest BCUT2D eigenvalue weighted by Crippen LogP contribution is 2.39. The van der Waals surface area contributed by atoms with E-state index in [1.165, 1.54) is 0 Å². The fourth-order valence-electron chi connectivity index (χ4n) is 5.09. The van der Waals surface area contributed by atoms with Crippen LogP contribution >= 0.6 is 0 Å². The number of hydrogen-bond acceptors (Lipinski definition) is 5. The number of carbonyl (C=O) groups is 3. The van der Waals surface area contributed by atoms with Gasteiger partial charge in [-0.15, -0.1) is 0 Å². The summed E-state index contributed by atoms with van der Waals surface area (Å²) in [5.41, 5.74) is 0.612. The van der Waals surface area contributed by atoms with Gasteiger partial charge in [-0.3, -0.25) is 14.4 Å². The number of nitrogens with zero attached hydrogens (tertiary/aromatic N) is 2. The van der Waals surface area contributed by atoms with Crippen molar-refractivity contribution < 1.29 is 23.9 Å². The van der Waals surface area contributed by atoms with Gasteiger partial charge in [0.15, 0.2) is 0 Å². The summed E-state index contributed by atoms with van der Waals surface area (Å²) in [5.74, 6) is 1.17. The first-order valence-electron chi connectivity index (χ1n) is 12.6. The molecule has 2 aromatic rings. The highest BCUT2D eigenvalue weighted by Gasteiger charge is 2.43. The van der Waals surface area contributed by atoms with Crippen molar-refractivity contribution in [1.82, 2.24) is 15.1 Å². The minimum Gasteiger partial charge on any atom is -0.497 e. The number of benzene rings is 2. The van der Waals surface area contributed by atoms with E-state index in [4.69, 9.17) is 9.47 Å². The van der Waals surface area contributed by atoms with Crippen LogP contribution in [-0.4, -0.2) is 74.5 Å². The number of likely N-dealkylation sites (N-methyl/N-ethyl adjacent to an activating group) is 1. The third-order valence-corrected chi connectivity index (χ3v) is 7.33. The lowest BCUT2D eigenvalue weighted by atomic mass is 9.73. The smallest absolute Gasteiger partial charge is 0.255 e. The first kappa shape index (κ1) is 25.5. The highest BCUT2D eigenvalue weighted by atomic mass is 16.5. The van der Waals surface area contributed by atoms with Crippen LogP contribution in [0.3, 0.4) is 0 Å². The molecule has 2 aliphatic rings. The molecule has 0 unspecified atom stereocenters. The molecule has 3 amide bonds. The summed E-state index contributed by atoms with van der Waals surface area (Å²) in [6.07, 6.45) is 3.57. The Morgan fingerprint density at radius 2 is 1.69 bits per heavy atom. The van der Waals surface area contributed by atoms with E-state index in [1.807, 2.05) is 24.1 Å². The standard InChI is InChI=1S/C28H35N3O5/c1-30-19-20-36-24-8-4-3-7-23(24)25(32)29-16-6-5-13-28(27(30)34)14-17-31(18-15-28)26(33)21-9-11-22(35-2)12-10-21/h3-4,7-12H,5-6,13-20H2,1-2H3,(H,29,32). The van der Waals surface area contributed by atoms with Crippen molar-refractivity contribution in [2.45, 2.75) is 32.1 Å². The number of likely N-dealkylation sites (tertiary alicyclic amines) is 1. The van der Waals surface area contributed by atoms with Crippen LogP contribution in [0.25, 0.3) is 0 Å². The Morgan fingerprint density at radius 3 is 2.42 bits per heavy atom. The average molecular weight is 494 g/mol. The van der Waals surface area contributed by atoms with E-state index in [0.717, 1.165) is 19.3 Å². The fourth-order valence-corrected chi connectivity index (χ4v) is 5.09. The molecule has 192 valence electrons. The van der Waals surface area contributed by atoms with Crippen LogP contribution in [0.2, 0.25) is 0 Å². The van der Waals surface area contributed by atoms with Crippen LogP contribution in [0.1, 0.15) is 52.8 Å². The number of ether oxygens (including phenoxy) is 2. The van der Waals surface area contributed by atoms with E-state index in [0.29, 0.717) is 68.3 Å². The predicted octanol–water partition coefficient (Wildman–Crippen LogP) is 3.37. The quantitative estimate of drug-likeness (QED) is 0.693. The van der Waals surface area contributed by atoms with Crippen molar-refractivity contribution in [2.75, 3.05) is 46.9 Å². The topological polar surface area (TPSA) is 88.2 Å². The third-order valence-electron chi connectivity index (χ3n) is 7.33. The van der Waals surface area contributed by atoms with Crippen LogP contribution in [0.5, 0.6) is 11.5 Å². The monoisotopic (exact) mass is 493 g/mol. The molecule has 0 saturated carbocycles. The number of carbonyl (C=O) groups excluding carboxylic acids is 3. The van der Waals surface area contributed by atoms with Crippen molar-refractivity contribution in [3.05, 3.63) is 59.7 Å². The zero-order chi connectivity index (χ0) is 25.5. The number of methoxy groups -OCH3 is 1. The number of piperidine rings is 1. The molecular formula is C28H35N3O5. The Bertz CT molecular complexity index is 1080. The van der Waals surface area contributed by atoms with Gasteiger partial charge in [-0.1, -0.05) is 18.6 Å². The lowest BCUT2D eigenvalue weighted by Crippen LogP contribution is -2.51. The van der Waals surface area contributed by atoms with E-state index in [2.05, 4.69) is 5.32 Å². The summed E-state index contributed by atoms with van der Waals surface area (Å²) in [4.78, 5) is 43.0. The zero-order valence-corrected chi connectivity index (χ0v) is 21.1. The number of fused-ring (bicyclic) bond motifs is 1. The maximum atomic E-state index is 13.7. The fraction of sp³-hybridized carbons (Fsp3) is 0.464. The molecule has 0 aliphatic carbocycles. The molecule has 1 fully saturated rings. The van der Waals surface area contributed by atoms with E-state index in [1.54, 1.807) is 48.4 Å². The number of rotatable bonds is 2. The van der Waals surface area contributed by atoms with Gasteiger partial charge >= 0.3 is 0 Å². The number of hydrogen-bond donors (Lipinski definition) is 1. The molecule has 1 saturated heterocycles. The second-order valence-electron chi connectivity index (χ2n) is 9.59. The van der Waals surface area contributed by atoms with Gasteiger partial charge in [-0.05, 0) is 62.1 Å². The Kier molecular flexibility index (Phi) is 8.13. The van der Waals surface area contributed by atoms with Gasteiger partial charge in [0.05, 0.1) is 24.6 Å². The molecule has 36 heavy (non-hydrogen) atoms. The number of nitrogens with one attached hydrogen (secondary N) is 1. The minimum absolute atomic E-state index is 0.0241. The normalized spacial score (nSPS) is 19.1. The molecular weight excluding hydrogens is 458 g/mol. The predicted molar refractivity (Wildman–Crippen MR) is 136 cm³/mol. The van der Waals surface area contributed by atoms with Crippen molar-refractivity contribution >= 4 is 17.7 Å². The Labute approximate surface area is 212 Å². The van der Waals surface area contributed by atoms with Gasteiger partial charge in [-0.2, -0.15) is 0 Å². The Morgan fingerprint density at radius 1 is 0.972 bits per heavy atom. The van der Waals surface area contributed by atoms with Crippen molar-refractivity contribution in [3.63, 3.8) is 0 Å². The van der Waals surface area contributed by atoms with Gasteiger partial charge in [0.2, 0.25) is 5.91 Å². The number of amides is 3. The minimum atomic E-state index is -0.516. The lowest BCUT2D eigenvalue weighted by Gasteiger charge is -2.42. The molecule has 0 bridgehead atoms. The molecule has 0 aromatic heterocycles. The molecule has 8 nitrogen and oxygen atoms in total. The van der Waals surface area contributed by atoms with Crippen LogP contribution in [0.4, 0.5) is 0 Å². The van der Waals surface area contributed by atoms with E-state index in [9.17, 15) is 14.4 Å². The molecule has 1 spiro atoms. The summed E-state index contributed by atoms with van der Waals surface area (Å²) in [6.45, 7) is 2.32. The zero-order valence-electron chi connectivity index (χ0n) is 21.1. The Hall–Kier alpha value is -3.55. The van der Waals surface area contributed by atoms with Crippen LogP contribution < -0.4 is 14.8 Å². The largest absolute Gasteiger partial charge is 0.497 e. The van der Waals surface area contributed by atoms with Gasteiger partial charge in [0.1, 0.15) is 18.1 Å². The lowest BCUT2D eigenvalue weighted by molar-refractivity contribution is -0.144. The second kappa shape index (κ2) is 11.5. The summed E-state index contributed by atoms with van der Waals surface area (Å²) in [6, 6.07) is 14.3. The first-order chi connectivity index (χ1) is 17.4. The van der Waals surface area contributed by atoms with Gasteiger partial charge in [0, 0.05) is 32.2 Å². The maximum Gasteiger partial charge on any atom is 0.255 e. The molecule has 1 N–H and O–H groups in total. The molecule has 4 rings (SSSR count). The number of para-hydroxylation sites is 1. The summed E-state index contributed by atoms with van der Waals surface area (Å²) in [5, 5.41) is 2.98. The van der Waals surface area contributed by atoms with Crippen molar-refractivity contribution in [1.29, 1.82) is 0 Å². The van der Waals surface area contributed by atoms with Crippen molar-refractivity contribution in [3.8, 4) is 11.5 Å². The van der Waals surface area contributed by atoms with Gasteiger partial charge in [0.25, 0.3) is 11.8 Å². The molecule has 0 radical (unpaired) electrons. The van der Waals surface area contributed by atoms with Gasteiger partial charge in [-0.25, -0.2) is 0 Å². The third kappa shape index (κ3) is 5.64. The first-order valence-corrected chi connectivity index (χ1v) is 12.6. The van der Waals surface area contributed by atoms with E-state index in [-0.39, 0.29) is 17.7 Å². The van der Waals surface area contributed by atoms with Crippen molar-refractivity contribution in [2.24, 2.45) is 5.41 Å².